The highest BCUT2D eigenvalue weighted by Crippen LogP contribution is 2.57. The Bertz CT molecular complexity index is 159. The van der Waals surface area contributed by atoms with Gasteiger partial charge in [0, 0.05) is 5.92 Å². The largest absolute Gasteiger partial charge is 0.318 e. The van der Waals surface area contributed by atoms with Crippen molar-refractivity contribution in [1.82, 2.24) is 0 Å². The standard InChI is InChI=1S/C6H13F2OP/c1-5(2)6(7,8)10(3,4)9/h5H,1-4H3. The maximum atomic E-state index is 12.8. The van der Waals surface area contributed by atoms with E-state index in [4.69, 9.17) is 0 Å². The van der Waals surface area contributed by atoms with Gasteiger partial charge in [0.1, 0.15) is 7.14 Å². The van der Waals surface area contributed by atoms with Crippen LogP contribution in [0.2, 0.25) is 0 Å². The summed E-state index contributed by atoms with van der Waals surface area (Å²) >= 11 is 0. The average Bonchev–Trinajstić information content (AvgIpc) is 1.62. The zero-order valence-electron chi connectivity index (χ0n) is 6.69. The Morgan fingerprint density at radius 2 is 1.60 bits per heavy atom. The molecule has 0 aromatic heterocycles. The number of hydrogen-bond donors (Lipinski definition) is 0. The Kier molecular flexibility index (Phi) is 2.64. The third kappa shape index (κ3) is 1.79. The molecule has 0 aromatic carbocycles. The third-order valence-electron chi connectivity index (χ3n) is 1.41. The van der Waals surface area contributed by atoms with Gasteiger partial charge in [-0.2, -0.15) is 8.78 Å². The van der Waals surface area contributed by atoms with Gasteiger partial charge in [0.2, 0.25) is 0 Å². The summed E-state index contributed by atoms with van der Waals surface area (Å²) in [7, 11) is -3.26. The van der Waals surface area contributed by atoms with Gasteiger partial charge in [-0.1, -0.05) is 13.8 Å². The first-order valence-corrected chi connectivity index (χ1v) is 5.72. The van der Waals surface area contributed by atoms with Crippen LogP contribution in [0.25, 0.3) is 0 Å². The topological polar surface area (TPSA) is 17.1 Å². The molecule has 10 heavy (non-hydrogen) atoms. The van der Waals surface area contributed by atoms with E-state index in [1.807, 2.05) is 0 Å². The molecule has 0 aromatic rings. The second-order valence-electron chi connectivity index (χ2n) is 3.09. The Labute approximate surface area is 60.2 Å². The van der Waals surface area contributed by atoms with Crippen LogP contribution in [0.4, 0.5) is 8.78 Å². The van der Waals surface area contributed by atoms with Gasteiger partial charge in [-0.05, 0) is 13.3 Å². The smallest absolute Gasteiger partial charge is 0.299 e. The Balaban J connectivity index is 4.58. The lowest BCUT2D eigenvalue weighted by molar-refractivity contribution is 0.0409. The van der Waals surface area contributed by atoms with E-state index in [2.05, 4.69) is 0 Å². The van der Waals surface area contributed by atoms with Gasteiger partial charge in [0.15, 0.2) is 0 Å². The van der Waals surface area contributed by atoms with Crippen molar-refractivity contribution in [3.8, 4) is 0 Å². The van der Waals surface area contributed by atoms with Crippen molar-refractivity contribution in [3.05, 3.63) is 0 Å². The molecule has 0 fully saturated rings. The maximum absolute atomic E-state index is 12.8. The number of halogens is 2. The second-order valence-corrected chi connectivity index (χ2v) is 6.39. The van der Waals surface area contributed by atoms with Crippen LogP contribution >= 0.6 is 7.14 Å². The molecule has 0 radical (unpaired) electrons. The van der Waals surface area contributed by atoms with Crippen molar-refractivity contribution in [3.63, 3.8) is 0 Å². The minimum absolute atomic E-state index is 0.840. The molecule has 0 aliphatic carbocycles. The Morgan fingerprint density at radius 1 is 1.30 bits per heavy atom. The fourth-order valence-corrected chi connectivity index (χ4v) is 1.87. The highest BCUT2D eigenvalue weighted by atomic mass is 31.2. The van der Waals surface area contributed by atoms with Crippen molar-refractivity contribution in [1.29, 1.82) is 0 Å². The molecular formula is C6H13F2OP. The molecule has 0 saturated heterocycles. The molecule has 0 amide bonds. The van der Waals surface area contributed by atoms with Crippen LogP contribution in [0.15, 0.2) is 0 Å². The van der Waals surface area contributed by atoms with Gasteiger partial charge in [-0.15, -0.1) is 0 Å². The van der Waals surface area contributed by atoms with E-state index < -0.39 is 18.7 Å². The monoisotopic (exact) mass is 170 g/mol. The first kappa shape index (κ1) is 10.1. The minimum atomic E-state index is -3.26. The van der Waals surface area contributed by atoms with Crippen LogP contribution in [0.1, 0.15) is 13.8 Å². The van der Waals surface area contributed by atoms with Crippen LogP contribution in [0, 0.1) is 5.92 Å². The minimum Gasteiger partial charge on any atom is -0.318 e. The summed E-state index contributed by atoms with van der Waals surface area (Å²) in [6, 6.07) is 0. The van der Waals surface area contributed by atoms with Crippen molar-refractivity contribution >= 4 is 7.14 Å². The van der Waals surface area contributed by atoms with Crippen LogP contribution < -0.4 is 0 Å². The number of hydrogen-bond acceptors (Lipinski definition) is 1. The lowest BCUT2D eigenvalue weighted by Gasteiger charge is -2.24. The zero-order valence-corrected chi connectivity index (χ0v) is 7.58. The first-order chi connectivity index (χ1) is 4.19. The summed E-state index contributed by atoms with van der Waals surface area (Å²) < 4.78 is 36.5. The molecule has 0 spiro atoms. The van der Waals surface area contributed by atoms with E-state index in [0.717, 1.165) is 13.3 Å². The molecule has 62 valence electrons. The molecule has 0 atom stereocenters. The molecule has 0 aliphatic rings. The van der Waals surface area contributed by atoms with Crippen LogP contribution in [0.5, 0.6) is 0 Å². The van der Waals surface area contributed by atoms with Gasteiger partial charge >= 0.3 is 0 Å². The molecule has 0 saturated carbocycles. The molecule has 1 nitrogen and oxygen atoms in total. The van der Waals surface area contributed by atoms with Crippen molar-refractivity contribution in [2.75, 3.05) is 13.3 Å². The quantitative estimate of drug-likeness (QED) is 0.582. The highest BCUT2D eigenvalue weighted by molar-refractivity contribution is 7.63. The average molecular weight is 170 g/mol. The fourth-order valence-electron chi connectivity index (χ4n) is 0.622. The van der Waals surface area contributed by atoms with Crippen LogP contribution in [-0.2, 0) is 4.57 Å². The summed E-state index contributed by atoms with van der Waals surface area (Å²) in [6.07, 6.45) is 0. The van der Waals surface area contributed by atoms with E-state index in [1.54, 1.807) is 0 Å². The van der Waals surface area contributed by atoms with Crippen molar-refractivity contribution < 1.29 is 13.3 Å². The maximum Gasteiger partial charge on any atom is 0.299 e. The highest BCUT2D eigenvalue weighted by Gasteiger charge is 2.45. The molecule has 0 unspecified atom stereocenters. The molecule has 4 heteroatoms. The third-order valence-corrected chi connectivity index (χ3v) is 3.36. The normalized spacial score (nSPS) is 14.3. The lowest BCUT2D eigenvalue weighted by atomic mass is 10.2. The Hall–Kier alpha value is 0.0900. The Morgan fingerprint density at radius 3 is 1.60 bits per heavy atom. The lowest BCUT2D eigenvalue weighted by Crippen LogP contribution is -2.22. The van der Waals surface area contributed by atoms with Crippen LogP contribution in [-0.4, -0.2) is 19.0 Å². The van der Waals surface area contributed by atoms with Gasteiger partial charge in [0.05, 0.1) is 0 Å². The van der Waals surface area contributed by atoms with Crippen LogP contribution in [0.3, 0.4) is 0 Å². The van der Waals surface area contributed by atoms with E-state index in [-0.39, 0.29) is 0 Å². The van der Waals surface area contributed by atoms with Gasteiger partial charge in [0.25, 0.3) is 5.66 Å². The fraction of sp³-hybridized carbons (Fsp3) is 1.00. The molecule has 0 bridgehead atoms. The first-order valence-electron chi connectivity index (χ1n) is 3.12. The second kappa shape index (κ2) is 2.61. The summed E-state index contributed by atoms with van der Waals surface area (Å²) in [5.74, 6) is -0.840. The summed E-state index contributed by atoms with van der Waals surface area (Å²) in [5.41, 5.74) is -3.01. The van der Waals surface area contributed by atoms with Gasteiger partial charge < -0.3 is 4.57 Å². The van der Waals surface area contributed by atoms with E-state index in [9.17, 15) is 13.3 Å². The summed E-state index contributed by atoms with van der Waals surface area (Å²) in [5, 5.41) is 0. The van der Waals surface area contributed by atoms with E-state index >= 15 is 0 Å². The van der Waals surface area contributed by atoms with Gasteiger partial charge in [-0.25, -0.2) is 0 Å². The van der Waals surface area contributed by atoms with E-state index in [0.29, 0.717) is 0 Å². The zero-order chi connectivity index (χ0) is 8.58. The molecule has 0 aliphatic heterocycles. The predicted molar refractivity (Wildman–Crippen MR) is 39.2 cm³/mol. The van der Waals surface area contributed by atoms with Crippen molar-refractivity contribution in [2.45, 2.75) is 19.5 Å². The van der Waals surface area contributed by atoms with Gasteiger partial charge in [-0.3, -0.25) is 0 Å². The molecule has 0 rings (SSSR count). The molecular weight excluding hydrogens is 157 g/mol. The van der Waals surface area contributed by atoms with Crippen molar-refractivity contribution in [2.24, 2.45) is 5.92 Å². The number of alkyl halides is 2. The molecule has 0 heterocycles. The SMILES string of the molecule is CC(C)C(F)(F)P(C)(C)=O. The number of rotatable bonds is 2. The van der Waals surface area contributed by atoms with E-state index in [1.165, 1.54) is 13.8 Å². The summed E-state index contributed by atoms with van der Waals surface area (Å²) in [4.78, 5) is 0. The summed E-state index contributed by atoms with van der Waals surface area (Å²) in [6.45, 7) is 4.99. The molecule has 0 N–H and O–H groups in total. The predicted octanol–water partition coefficient (Wildman–Crippen LogP) is 2.86.